The fourth-order valence-corrected chi connectivity index (χ4v) is 1.17. The predicted octanol–water partition coefficient (Wildman–Crippen LogP) is -3.27. The summed E-state index contributed by atoms with van der Waals surface area (Å²) in [5.41, 5.74) is 0. The van der Waals surface area contributed by atoms with Crippen molar-refractivity contribution in [3.63, 3.8) is 0 Å². The molecule has 5 N–H and O–H groups in total. The average molecular weight is 240 g/mol. The van der Waals surface area contributed by atoms with E-state index in [2.05, 4.69) is 14.5 Å². The Morgan fingerprint density at radius 2 is 1.38 bits per heavy atom. The Morgan fingerprint density at radius 3 is 1.75 bits per heavy atom. The molecule has 2 aliphatic rings. The number of hydrogen-bond acceptors (Lipinski definition) is 8. The molecule has 2 aliphatic heterocycles. The van der Waals surface area contributed by atoms with Crippen LogP contribution in [0.25, 0.3) is 0 Å². The van der Waals surface area contributed by atoms with Crippen LogP contribution in [0.2, 0.25) is 0 Å². The lowest BCUT2D eigenvalue weighted by Gasteiger charge is -2.37. The SMILES string of the molecule is C1COO1.OC[C@H]1O[C@@H](O)[C@H](O)[C@@H](O)[C@H]1O. The average Bonchev–Trinajstić information content (AvgIpc) is 2.18. The highest BCUT2D eigenvalue weighted by atomic mass is 17.2. The first-order valence-corrected chi connectivity index (χ1v) is 4.81. The number of rotatable bonds is 1. The highest BCUT2D eigenvalue weighted by molar-refractivity contribution is 4.87. The second-order valence-corrected chi connectivity index (χ2v) is 3.36. The maximum absolute atomic E-state index is 9.12. The third-order valence-corrected chi connectivity index (χ3v) is 2.20. The Hall–Kier alpha value is -0.320. The van der Waals surface area contributed by atoms with Gasteiger partial charge in [0.05, 0.1) is 6.61 Å². The van der Waals surface area contributed by atoms with E-state index in [4.69, 9.17) is 25.5 Å². The molecule has 2 heterocycles. The molecule has 0 aromatic carbocycles. The maximum atomic E-state index is 9.12. The van der Waals surface area contributed by atoms with Crippen molar-refractivity contribution in [1.82, 2.24) is 0 Å². The van der Waals surface area contributed by atoms with Crippen LogP contribution >= 0.6 is 0 Å². The van der Waals surface area contributed by atoms with Crippen molar-refractivity contribution in [2.24, 2.45) is 0 Å². The first-order valence-electron chi connectivity index (χ1n) is 4.81. The van der Waals surface area contributed by atoms with E-state index in [-0.39, 0.29) is 0 Å². The van der Waals surface area contributed by atoms with Gasteiger partial charge in [-0.25, -0.2) is 9.78 Å². The topological polar surface area (TPSA) is 129 Å². The molecule has 0 aromatic rings. The zero-order chi connectivity index (χ0) is 12.1. The Kier molecular flexibility index (Phi) is 5.52. The van der Waals surface area contributed by atoms with Gasteiger partial charge in [0.1, 0.15) is 37.6 Å². The molecule has 2 rings (SSSR count). The second kappa shape index (κ2) is 6.42. The van der Waals surface area contributed by atoms with E-state index in [9.17, 15) is 0 Å². The zero-order valence-corrected chi connectivity index (χ0v) is 8.47. The van der Waals surface area contributed by atoms with Gasteiger partial charge >= 0.3 is 0 Å². The Balaban J connectivity index is 0.000000267. The summed E-state index contributed by atoms with van der Waals surface area (Å²) in [6.07, 6.45) is -7.04. The second-order valence-electron chi connectivity index (χ2n) is 3.36. The van der Waals surface area contributed by atoms with Crippen molar-refractivity contribution >= 4 is 0 Å². The molecule has 0 aromatic heterocycles. The van der Waals surface area contributed by atoms with Crippen molar-refractivity contribution in [1.29, 1.82) is 0 Å². The predicted molar refractivity (Wildman–Crippen MR) is 47.9 cm³/mol. The van der Waals surface area contributed by atoms with E-state index >= 15 is 0 Å². The minimum Gasteiger partial charge on any atom is -0.394 e. The molecule has 8 heteroatoms. The number of aliphatic hydroxyl groups excluding tert-OH is 5. The van der Waals surface area contributed by atoms with E-state index in [1.54, 1.807) is 0 Å². The first-order chi connectivity index (χ1) is 7.57. The third kappa shape index (κ3) is 3.34. The highest BCUT2D eigenvalue weighted by Crippen LogP contribution is 2.18. The van der Waals surface area contributed by atoms with Crippen molar-refractivity contribution in [2.45, 2.75) is 30.7 Å². The lowest BCUT2D eigenvalue weighted by atomic mass is 10.00. The minimum atomic E-state index is -1.57. The summed E-state index contributed by atoms with van der Waals surface area (Å²) in [5, 5.41) is 44.7. The fraction of sp³-hybridized carbons (Fsp3) is 1.00. The van der Waals surface area contributed by atoms with Crippen LogP contribution in [0.4, 0.5) is 0 Å². The van der Waals surface area contributed by atoms with Gasteiger partial charge in [0.2, 0.25) is 0 Å². The van der Waals surface area contributed by atoms with Gasteiger partial charge in [0.25, 0.3) is 0 Å². The normalized spacial score (nSPS) is 42.9. The van der Waals surface area contributed by atoms with Gasteiger partial charge in [-0.2, -0.15) is 0 Å². The van der Waals surface area contributed by atoms with Crippen molar-refractivity contribution < 1.29 is 40.0 Å². The van der Waals surface area contributed by atoms with Gasteiger partial charge in [0.15, 0.2) is 6.29 Å². The largest absolute Gasteiger partial charge is 0.394 e. The molecular formula is C8H16O8. The molecule has 5 atom stereocenters. The Morgan fingerprint density at radius 1 is 0.875 bits per heavy atom. The van der Waals surface area contributed by atoms with Crippen molar-refractivity contribution in [3.05, 3.63) is 0 Å². The van der Waals surface area contributed by atoms with Crippen LogP contribution in [-0.2, 0) is 14.5 Å². The summed E-state index contributed by atoms with van der Waals surface area (Å²) >= 11 is 0. The quantitative estimate of drug-likeness (QED) is 0.302. The molecule has 0 bridgehead atoms. The van der Waals surface area contributed by atoms with Crippen LogP contribution in [-0.4, -0.2) is 76.1 Å². The molecule has 0 radical (unpaired) electrons. The van der Waals surface area contributed by atoms with E-state index in [0.29, 0.717) is 0 Å². The molecule has 8 nitrogen and oxygen atoms in total. The summed E-state index contributed by atoms with van der Waals surface area (Å²) in [6.45, 7) is 1.03. The molecular weight excluding hydrogens is 224 g/mol. The van der Waals surface area contributed by atoms with Crippen LogP contribution in [0, 0.1) is 0 Å². The van der Waals surface area contributed by atoms with Crippen LogP contribution in [0.1, 0.15) is 0 Å². The maximum Gasteiger partial charge on any atom is 0.184 e. The lowest BCUT2D eigenvalue weighted by Crippen LogP contribution is -2.58. The molecule has 2 saturated heterocycles. The molecule has 0 aliphatic carbocycles. The minimum absolute atomic E-state index is 0.526. The summed E-state index contributed by atoms with van der Waals surface area (Å²) in [4.78, 5) is 8.44. The molecule has 2 fully saturated rings. The monoisotopic (exact) mass is 240 g/mol. The van der Waals surface area contributed by atoms with Gasteiger partial charge in [-0.3, -0.25) is 0 Å². The summed E-state index contributed by atoms with van der Waals surface area (Å²) in [6, 6.07) is 0. The lowest BCUT2D eigenvalue weighted by molar-refractivity contribution is -0.382. The van der Waals surface area contributed by atoms with E-state index in [0.717, 1.165) is 13.2 Å². The van der Waals surface area contributed by atoms with E-state index in [1.807, 2.05) is 0 Å². The molecule has 0 amide bonds. The smallest absolute Gasteiger partial charge is 0.184 e. The van der Waals surface area contributed by atoms with Crippen LogP contribution in [0.3, 0.4) is 0 Å². The van der Waals surface area contributed by atoms with Gasteiger partial charge in [-0.15, -0.1) is 0 Å². The van der Waals surface area contributed by atoms with Crippen LogP contribution in [0.5, 0.6) is 0 Å². The molecule has 0 unspecified atom stereocenters. The zero-order valence-electron chi connectivity index (χ0n) is 8.47. The standard InChI is InChI=1S/C6H12O6.C2H4O2/c7-1-2-3(8)4(9)5(10)6(11)12-2;1-2-4-3-1/h2-11H,1H2;1-2H2/t2-,3+,4+,5-,6-;/m1./s1. The summed E-state index contributed by atoms with van der Waals surface area (Å²) in [5.74, 6) is 0. The van der Waals surface area contributed by atoms with E-state index in [1.165, 1.54) is 0 Å². The number of aliphatic hydroxyl groups is 5. The molecule has 16 heavy (non-hydrogen) atoms. The van der Waals surface area contributed by atoms with Crippen LogP contribution < -0.4 is 0 Å². The summed E-state index contributed by atoms with van der Waals surface area (Å²) < 4.78 is 4.58. The molecule has 0 spiro atoms. The van der Waals surface area contributed by atoms with Gasteiger partial charge < -0.3 is 30.3 Å². The Labute approximate surface area is 91.5 Å². The molecule has 0 saturated carbocycles. The van der Waals surface area contributed by atoms with Crippen LogP contribution in [0.15, 0.2) is 0 Å². The Bertz CT molecular complexity index is 188. The van der Waals surface area contributed by atoms with Gasteiger partial charge in [-0.05, 0) is 0 Å². The fourth-order valence-electron chi connectivity index (χ4n) is 1.17. The first kappa shape index (κ1) is 13.7. The summed E-state index contributed by atoms with van der Waals surface area (Å²) in [7, 11) is 0. The number of ether oxygens (including phenoxy) is 1. The molecule has 96 valence electrons. The third-order valence-electron chi connectivity index (χ3n) is 2.20. The van der Waals surface area contributed by atoms with Crippen molar-refractivity contribution in [2.75, 3.05) is 19.8 Å². The van der Waals surface area contributed by atoms with Crippen molar-refractivity contribution in [3.8, 4) is 0 Å². The number of hydrogen-bond donors (Lipinski definition) is 5. The highest BCUT2D eigenvalue weighted by Gasteiger charge is 2.42. The van der Waals surface area contributed by atoms with Gasteiger partial charge in [-0.1, -0.05) is 0 Å². The van der Waals surface area contributed by atoms with E-state index < -0.39 is 37.3 Å². The van der Waals surface area contributed by atoms with Gasteiger partial charge in [0, 0.05) is 0 Å².